The van der Waals surface area contributed by atoms with Crippen LogP contribution in [-0.4, -0.2) is 29.8 Å². The van der Waals surface area contributed by atoms with Crippen molar-refractivity contribution in [2.24, 2.45) is 0 Å². The fourth-order valence-electron chi connectivity index (χ4n) is 3.13. The number of anilines is 1. The number of thiophene rings is 1. The second-order valence-electron chi connectivity index (χ2n) is 7.90. The Morgan fingerprint density at radius 2 is 1.72 bits per heavy atom. The lowest BCUT2D eigenvalue weighted by atomic mass is 10.1. The number of nitrogens with zero attached hydrogens (tertiary/aromatic N) is 2. The lowest BCUT2D eigenvalue weighted by Gasteiger charge is -2.21. The number of carbonyl (C=O) groups excluding carboxylic acids is 1. The van der Waals surface area contributed by atoms with Crippen LogP contribution in [0.1, 0.15) is 47.5 Å². The van der Waals surface area contributed by atoms with Gasteiger partial charge in [0.15, 0.2) is 0 Å². The van der Waals surface area contributed by atoms with E-state index in [1.807, 2.05) is 20.8 Å². The second kappa shape index (κ2) is 7.47. The molecular weight excluding hydrogens is 408 g/mol. The van der Waals surface area contributed by atoms with E-state index in [2.05, 4.69) is 20.0 Å². The summed E-state index contributed by atoms with van der Waals surface area (Å²) in [6.45, 7) is 10.8. The average molecular weight is 433 g/mol. The van der Waals surface area contributed by atoms with E-state index in [-0.39, 0.29) is 16.5 Å². The Kier molecular flexibility index (Phi) is 5.50. The predicted octanol–water partition coefficient (Wildman–Crippen LogP) is 3.95. The summed E-state index contributed by atoms with van der Waals surface area (Å²) in [6.07, 6.45) is 0. The van der Waals surface area contributed by atoms with Gasteiger partial charge in [-0.25, -0.2) is 23.1 Å². The number of nitrogens with one attached hydrogen (secondary N) is 2. The van der Waals surface area contributed by atoms with E-state index in [0.717, 1.165) is 21.5 Å². The fraction of sp³-hybridized carbons (Fsp3) is 0.350. The van der Waals surface area contributed by atoms with Crippen molar-refractivity contribution in [2.75, 3.05) is 5.32 Å². The maximum Gasteiger partial charge on any atom is 0.266 e. The third kappa shape index (κ3) is 4.47. The number of sulfonamides is 1. The van der Waals surface area contributed by atoms with Crippen LogP contribution in [-0.2, 0) is 10.0 Å². The van der Waals surface area contributed by atoms with Crippen LogP contribution in [0.15, 0.2) is 29.2 Å². The molecule has 0 aliphatic rings. The second-order valence-corrected chi connectivity index (χ2v) is 10.5. The maximum atomic E-state index is 13.0. The number of rotatable bonds is 4. The summed E-state index contributed by atoms with van der Waals surface area (Å²) in [7, 11) is -3.81. The van der Waals surface area contributed by atoms with Crippen LogP contribution in [0.5, 0.6) is 0 Å². The molecule has 0 saturated carbocycles. The minimum absolute atomic E-state index is 0.0221. The van der Waals surface area contributed by atoms with Gasteiger partial charge >= 0.3 is 0 Å². The molecule has 0 spiro atoms. The number of amides is 1. The topological polar surface area (TPSA) is 101 Å². The van der Waals surface area contributed by atoms with E-state index in [9.17, 15) is 13.2 Å². The normalized spacial score (nSPS) is 12.3. The largest absolute Gasteiger partial charge is 0.320 e. The predicted molar refractivity (Wildman–Crippen MR) is 116 cm³/mol. The highest BCUT2D eigenvalue weighted by atomic mass is 32.2. The molecule has 2 N–H and O–H groups in total. The molecule has 0 aliphatic carbocycles. The van der Waals surface area contributed by atoms with Gasteiger partial charge in [0.1, 0.15) is 15.6 Å². The maximum absolute atomic E-state index is 13.0. The first-order valence-electron chi connectivity index (χ1n) is 9.08. The van der Waals surface area contributed by atoms with Crippen LogP contribution in [0.25, 0.3) is 10.2 Å². The van der Waals surface area contributed by atoms with E-state index < -0.39 is 15.6 Å². The standard InChI is InChI=1S/C20H24N4O3S2/c1-11-16-12(2)21-13(3)22-19(16)28-17(11)18(25)23-14-9-7-8-10-15(14)29(26,27)24-20(4,5)6/h7-10,24H,1-6H3,(H,23,25). The molecule has 0 unspecified atom stereocenters. The summed E-state index contributed by atoms with van der Waals surface area (Å²) < 4.78 is 28.2. The third-order valence-electron chi connectivity index (χ3n) is 4.15. The Morgan fingerprint density at radius 1 is 1.07 bits per heavy atom. The molecule has 1 aromatic carbocycles. The van der Waals surface area contributed by atoms with Crippen molar-refractivity contribution in [3.63, 3.8) is 0 Å². The van der Waals surface area contributed by atoms with Crippen molar-refractivity contribution in [3.05, 3.63) is 46.2 Å². The fourth-order valence-corrected chi connectivity index (χ4v) is 5.89. The van der Waals surface area contributed by atoms with Crippen molar-refractivity contribution in [2.45, 2.75) is 52.0 Å². The van der Waals surface area contributed by atoms with Gasteiger partial charge in [-0.2, -0.15) is 0 Å². The summed E-state index contributed by atoms with van der Waals surface area (Å²) in [5.74, 6) is 0.272. The van der Waals surface area contributed by atoms with Crippen molar-refractivity contribution in [1.82, 2.24) is 14.7 Å². The molecule has 2 aromatic heterocycles. The van der Waals surface area contributed by atoms with Gasteiger partial charge in [0.25, 0.3) is 5.91 Å². The molecule has 1 amide bonds. The first-order valence-corrected chi connectivity index (χ1v) is 11.4. The van der Waals surface area contributed by atoms with Gasteiger partial charge in [0.2, 0.25) is 10.0 Å². The average Bonchev–Trinajstić information content (AvgIpc) is 2.89. The molecule has 0 bridgehead atoms. The van der Waals surface area contributed by atoms with E-state index >= 15 is 0 Å². The van der Waals surface area contributed by atoms with Crippen LogP contribution in [0, 0.1) is 20.8 Å². The monoisotopic (exact) mass is 432 g/mol. The highest BCUT2D eigenvalue weighted by Crippen LogP contribution is 2.32. The highest BCUT2D eigenvalue weighted by Gasteiger charge is 2.26. The van der Waals surface area contributed by atoms with Crippen molar-refractivity contribution in [3.8, 4) is 0 Å². The van der Waals surface area contributed by atoms with Gasteiger partial charge in [-0.1, -0.05) is 12.1 Å². The van der Waals surface area contributed by atoms with E-state index in [1.54, 1.807) is 39.0 Å². The molecule has 3 aromatic rings. The Balaban J connectivity index is 2.00. The summed E-state index contributed by atoms with van der Waals surface area (Å²) in [5, 5.41) is 3.62. The number of hydrogen-bond acceptors (Lipinski definition) is 6. The van der Waals surface area contributed by atoms with Crippen LogP contribution < -0.4 is 10.0 Å². The number of benzene rings is 1. The Bertz CT molecular complexity index is 1210. The van der Waals surface area contributed by atoms with E-state index in [4.69, 9.17) is 0 Å². The molecule has 0 atom stereocenters. The number of aryl methyl sites for hydroxylation is 3. The molecular formula is C20H24N4O3S2. The van der Waals surface area contributed by atoms with E-state index in [1.165, 1.54) is 17.4 Å². The molecule has 2 heterocycles. The summed E-state index contributed by atoms with van der Waals surface area (Å²) >= 11 is 1.27. The van der Waals surface area contributed by atoms with Gasteiger partial charge in [-0.3, -0.25) is 4.79 Å². The lowest BCUT2D eigenvalue weighted by molar-refractivity contribution is 0.103. The zero-order chi connectivity index (χ0) is 21.6. The molecule has 154 valence electrons. The van der Waals surface area contributed by atoms with E-state index in [0.29, 0.717) is 10.7 Å². The van der Waals surface area contributed by atoms with Gasteiger partial charge in [-0.05, 0) is 59.2 Å². The first kappa shape index (κ1) is 21.4. The Labute approximate surface area is 174 Å². The molecule has 0 radical (unpaired) electrons. The SMILES string of the molecule is Cc1nc(C)c2c(C)c(C(=O)Nc3ccccc3S(=O)(=O)NC(C)(C)C)sc2n1. The van der Waals surface area contributed by atoms with Crippen LogP contribution in [0.3, 0.4) is 0 Å². The molecule has 0 aliphatic heterocycles. The van der Waals surface area contributed by atoms with Crippen molar-refractivity contribution >= 4 is 43.2 Å². The molecule has 3 rings (SSSR count). The van der Waals surface area contributed by atoms with Crippen LogP contribution in [0.4, 0.5) is 5.69 Å². The molecule has 0 saturated heterocycles. The zero-order valence-electron chi connectivity index (χ0n) is 17.2. The minimum Gasteiger partial charge on any atom is -0.320 e. The smallest absolute Gasteiger partial charge is 0.266 e. The van der Waals surface area contributed by atoms with Gasteiger partial charge in [-0.15, -0.1) is 11.3 Å². The number of hydrogen-bond donors (Lipinski definition) is 2. The number of fused-ring (bicyclic) bond motifs is 1. The Hall–Kier alpha value is -2.36. The van der Waals surface area contributed by atoms with Crippen LogP contribution >= 0.6 is 11.3 Å². The summed E-state index contributed by atoms with van der Waals surface area (Å²) in [6, 6.07) is 6.36. The quantitative estimate of drug-likeness (QED) is 0.650. The Morgan fingerprint density at radius 3 is 2.38 bits per heavy atom. The first-order chi connectivity index (χ1) is 13.4. The molecule has 0 fully saturated rings. The number of carbonyl (C=O) groups is 1. The lowest BCUT2D eigenvalue weighted by Crippen LogP contribution is -2.40. The zero-order valence-corrected chi connectivity index (χ0v) is 18.9. The van der Waals surface area contributed by atoms with Gasteiger partial charge in [0.05, 0.1) is 10.6 Å². The molecule has 9 heteroatoms. The van der Waals surface area contributed by atoms with Crippen molar-refractivity contribution in [1.29, 1.82) is 0 Å². The number of aromatic nitrogens is 2. The molecule has 29 heavy (non-hydrogen) atoms. The number of para-hydroxylation sites is 1. The summed E-state index contributed by atoms with van der Waals surface area (Å²) in [4.78, 5) is 23.1. The summed E-state index contributed by atoms with van der Waals surface area (Å²) in [5.41, 5.74) is 1.18. The van der Waals surface area contributed by atoms with Gasteiger partial charge in [0, 0.05) is 16.6 Å². The van der Waals surface area contributed by atoms with Gasteiger partial charge < -0.3 is 5.32 Å². The third-order valence-corrected chi connectivity index (χ3v) is 7.16. The van der Waals surface area contributed by atoms with Crippen molar-refractivity contribution < 1.29 is 13.2 Å². The highest BCUT2D eigenvalue weighted by molar-refractivity contribution is 7.89. The van der Waals surface area contributed by atoms with Crippen LogP contribution in [0.2, 0.25) is 0 Å². The minimum atomic E-state index is -3.81. The molecule has 7 nitrogen and oxygen atoms in total.